The number of Topliss-reactive ketones (excluding diaryl/α,β-unsaturated/α-hetero) is 1. The molecule has 0 amide bonds. The van der Waals surface area contributed by atoms with E-state index in [1.165, 1.54) is 38.5 Å². The Morgan fingerprint density at radius 1 is 0.500 bits per heavy atom. The van der Waals surface area contributed by atoms with E-state index < -0.39 is 0 Å². The van der Waals surface area contributed by atoms with Crippen molar-refractivity contribution in [2.24, 2.45) is 0 Å². The Bertz CT molecular complexity index is 1980. The number of piperidine rings is 2. The van der Waals surface area contributed by atoms with E-state index in [0.29, 0.717) is 0 Å². The van der Waals surface area contributed by atoms with Crippen molar-refractivity contribution in [2.75, 3.05) is 36.0 Å². The summed E-state index contributed by atoms with van der Waals surface area (Å²) < 4.78 is 0. The molecule has 7 heteroatoms. The standard InChI is InChI=1S/C43H44N6O/c1-29(31-9-13-33(14-10-31)35-17-19-37-39(25-35)46-41(27-44-37)48-21-5-3-6-22-48)43(50)30(2)32-11-15-34(16-12-32)36-18-20-38-40(26-36)47-42(28-45-38)49-23-7-4-8-24-49/h9-20,25-30H,3-8,21-24H2,1-2H3. The van der Waals surface area contributed by atoms with Gasteiger partial charge in [-0.1, -0.05) is 74.5 Å². The van der Waals surface area contributed by atoms with E-state index in [0.717, 1.165) is 93.3 Å². The van der Waals surface area contributed by atoms with Gasteiger partial charge in [-0.3, -0.25) is 14.8 Å². The lowest BCUT2D eigenvalue weighted by Crippen LogP contribution is -2.30. The van der Waals surface area contributed by atoms with Crippen molar-refractivity contribution in [2.45, 2.75) is 64.2 Å². The fourth-order valence-corrected chi connectivity index (χ4v) is 7.55. The number of ketones is 1. The molecule has 4 aromatic carbocycles. The highest BCUT2D eigenvalue weighted by Crippen LogP contribution is 2.32. The van der Waals surface area contributed by atoms with Gasteiger partial charge in [0.1, 0.15) is 17.4 Å². The molecule has 0 N–H and O–H groups in total. The predicted molar refractivity (Wildman–Crippen MR) is 204 cm³/mol. The predicted octanol–water partition coefficient (Wildman–Crippen LogP) is 9.36. The number of nitrogens with zero attached hydrogens (tertiary/aromatic N) is 6. The zero-order valence-corrected chi connectivity index (χ0v) is 29.1. The lowest BCUT2D eigenvalue weighted by Gasteiger charge is -2.27. The Morgan fingerprint density at radius 3 is 1.28 bits per heavy atom. The zero-order valence-electron chi connectivity index (χ0n) is 29.1. The first kappa shape index (κ1) is 32.1. The maximum Gasteiger partial charge on any atom is 0.147 e. The molecule has 0 spiro atoms. The molecular formula is C43H44N6O. The maximum absolute atomic E-state index is 13.7. The molecule has 6 aromatic rings. The van der Waals surface area contributed by atoms with Crippen molar-refractivity contribution in [1.29, 1.82) is 0 Å². The molecule has 7 nitrogen and oxygen atoms in total. The Labute approximate surface area is 294 Å². The number of hydrogen-bond acceptors (Lipinski definition) is 7. The molecule has 2 aromatic heterocycles. The van der Waals surface area contributed by atoms with E-state index in [1.54, 1.807) is 0 Å². The zero-order chi connectivity index (χ0) is 34.0. The number of anilines is 2. The van der Waals surface area contributed by atoms with Crippen LogP contribution in [0.1, 0.15) is 75.3 Å². The second-order valence-electron chi connectivity index (χ2n) is 14.0. The van der Waals surface area contributed by atoms with E-state index in [2.05, 4.69) is 92.6 Å². The molecule has 2 fully saturated rings. The molecule has 2 aliphatic rings. The summed E-state index contributed by atoms with van der Waals surface area (Å²) >= 11 is 0. The molecule has 2 saturated heterocycles. The molecule has 252 valence electrons. The molecule has 0 aliphatic carbocycles. The summed E-state index contributed by atoms with van der Waals surface area (Å²) in [6, 6.07) is 29.4. The van der Waals surface area contributed by atoms with E-state index in [1.807, 2.05) is 38.4 Å². The van der Waals surface area contributed by atoms with Gasteiger partial charge in [-0.05, 0) is 96.2 Å². The van der Waals surface area contributed by atoms with Crippen LogP contribution in [0.4, 0.5) is 11.6 Å². The molecular weight excluding hydrogens is 617 g/mol. The first-order valence-corrected chi connectivity index (χ1v) is 18.3. The van der Waals surface area contributed by atoms with Gasteiger partial charge in [0, 0.05) is 38.0 Å². The van der Waals surface area contributed by atoms with E-state index in [9.17, 15) is 4.79 Å². The number of benzene rings is 4. The van der Waals surface area contributed by atoms with Crippen LogP contribution in [0, 0.1) is 0 Å². The number of fused-ring (bicyclic) bond motifs is 2. The first-order valence-electron chi connectivity index (χ1n) is 18.3. The van der Waals surface area contributed by atoms with Crippen LogP contribution in [0.25, 0.3) is 44.3 Å². The van der Waals surface area contributed by atoms with Crippen LogP contribution < -0.4 is 9.80 Å². The Hall–Kier alpha value is -5.17. The minimum atomic E-state index is -0.221. The third-order valence-corrected chi connectivity index (χ3v) is 10.8. The third kappa shape index (κ3) is 6.57. The summed E-state index contributed by atoms with van der Waals surface area (Å²) in [4.78, 5) is 37.7. The second-order valence-corrected chi connectivity index (χ2v) is 14.0. The average Bonchev–Trinajstić information content (AvgIpc) is 3.20. The van der Waals surface area contributed by atoms with Crippen molar-refractivity contribution >= 4 is 39.5 Å². The fourth-order valence-electron chi connectivity index (χ4n) is 7.55. The molecule has 0 bridgehead atoms. The Balaban J connectivity index is 0.948. The summed E-state index contributed by atoms with van der Waals surface area (Å²) in [5.41, 5.74) is 10.1. The minimum absolute atomic E-state index is 0.211. The van der Waals surface area contributed by atoms with Crippen LogP contribution in [0.15, 0.2) is 97.3 Å². The summed E-state index contributed by atoms with van der Waals surface area (Å²) in [5.74, 6) is 1.70. The van der Waals surface area contributed by atoms with Gasteiger partial charge in [-0.15, -0.1) is 0 Å². The van der Waals surface area contributed by atoms with Gasteiger partial charge in [-0.2, -0.15) is 0 Å². The SMILES string of the molecule is CC(C(=O)C(C)c1ccc(-c2ccc3ncc(N4CCCCC4)nc3c2)cc1)c1ccc(-c2ccc3ncc(N4CCCCC4)nc3c2)cc1. The van der Waals surface area contributed by atoms with Crippen molar-refractivity contribution in [3.05, 3.63) is 108 Å². The molecule has 2 aliphatic heterocycles. The van der Waals surface area contributed by atoms with Crippen LogP contribution in [0.2, 0.25) is 0 Å². The van der Waals surface area contributed by atoms with Crippen LogP contribution in [0.5, 0.6) is 0 Å². The largest absolute Gasteiger partial charge is 0.355 e. The van der Waals surface area contributed by atoms with E-state index in [4.69, 9.17) is 9.97 Å². The molecule has 0 radical (unpaired) electrons. The smallest absolute Gasteiger partial charge is 0.147 e. The summed E-state index contributed by atoms with van der Waals surface area (Å²) in [7, 11) is 0. The maximum atomic E-state index is 13.7. The highest BCUT2D eigenvalue weighted by Gasteiger charge is 2.23. The Morgan fingerprint density at radius 2 is 0.880 bits per heavy atom. The van der Waals surface area contributed by atoms with Crippen molar-refractivity contribution in [3.8, 4) is 22.3 Å². The lowest BCUT2D eigenvalue weighted by atomic mass is 9.85. The molecule has 4 heterocycles. The van der Waals surface area contributed by atoms with Crippen molar-refractivity contribution in [3.63, 3.8) is 0 Å². The normalized spacial score (nSPS) is 16.4. The van der Waals surface area contributed by atoms with Crippen LogP contribution in [-0.2, 0) is 4.79 Å². The van der Waals surface area contributed by atoms with Crippen LogP contribution in [0.3, 0.4) is 0 Å². The number of aromatic nitrogens is 4. The molecule has 0 saturated carbocycles. The van der Waals surface area contributed by atoms with Crippen LogP contribution >= 0.6 is 0 Å². The van der Waals surface area contributed by atoms with Gasteiger partial charge in [0.2, 0.25) is 0 Å². The molecule has 50 heavy (non-hydrogen) atoms. The number of carbonyl (C=O) groups excluding carboxylic acids is 1. The van der Waals surface area contributed by atoms with E-state index in [-0.39, 0.29) is 17.6 Å². The summed E-state index contributed by atoms with van der Waals surface area (Å²) in [6.45, 7) is 8.22. The van der Waals surface area contributed by atoms with Crippen LogP contribution in [-0.4, -0.2) is 51.9 Å². The monoisotopic (exact) mass is 660 g/mol. The second kappa shape index (κ2) is 14.0. The van der Waals surface area contributed by atoms with Crippen molar-refractivity contribution in [1.82, 2.24) is 19.9 Å². The van der Waals surface area contributed by atoms with Gasteiger partial charge >= 0.3 is 0 Å². The molecule has 2 unspecified atom stereocenters. The molecule has 8 rings (SSSR count). The lowest BCUT2D eigenvalue weighted by molar-refractivity contribution is -0.121. The number of hydrogen-bond donors (Lipinski definition) is 0. The van der Waals surface area contributed by atoms with Gasteiger partial charge in [-0.25, -0.2) is 9.97 Å². The quantitative estimate of drug-likeness (QED) is 0.161. The third-order valence-electron chi connectivity index (χ3n) is 10.8. The van der Waals surface area contributed by atoms with Gasteiger partial charge in [0.15, 0.2) is 0 Å². The number of rotatable bonds is 8. The van der Waals surface area contributed by atoms with Gasteiger partial charge < -0.3 is 9.80 Å². The van der Waals surface area contributed by atoms with Gasteiger partial charge in [0.05, 0.1) is 34.5 Å². The Kier molecular flexibility index (Phi) is 8.97. The highest BCUT2D eigenvalue weighted by molar-refractivity contribution is 5.91. The number of carbonyl (C=O) groups is 1. The summed E-state index contributed by atoms with van der Waals surface area (Å²) in [6.07, 6.45) is 11.2. The average molecular weight is 661 g/mol. The van der Waals surface area contributed by atoms with E-state index >= 15 is 0 Å². The topological polar surface area (TPSA) is 75.1 Å². The fraction of sp³-hybridized carbons (Fsp3) is 0.326. The highest BCUT2D eigenvalue weighted by atomic mass is 16.1. The minimum Gasteiger partial charge on any atom is -0.355 e. The summed E-state index contributed by atoms with van der Waals surface area (Å²) in [5, 5.41) is 0. The van der Waals surface area contributed by atoms with Gasteiger partial charge in [0.25, 0.3) is 0 Å². The van der Waals surface area contributed by atoms with Crippen molar-refractivity contribution < 1.29 is 4.79 Å². The first-order chi connectivity index (χ1) is 24.5. The molecule has 2 atom stereocenters.